The zero-order valence-electron chi connectivity index (χ0n) is 9.77. The summed E-state index contributed by atoms with van der Waals surface area (Å²) in [5.74, 6) is -0.335. The van der Waals surface area contributed by atoms with E-state index in [4.69, 9.17) is 17.3 Å². The Balaban J connectivity index is 4.76. The summed E-state index contributed by atoms with van der Waals surface area (Å²) < 4.78 is 0. The van der Waals surface area contributed by atoms with Gasteiger partial charge in [-0.15, -0.1) is 0 Å². The van der Waals surface area contributed by atoms with Crippen LogP contribution in [0.4, 0.5) is 0 Å². The number of halogens is 1. The molecular weight excluding hydrogens is 262 g/mol. The lowest BCUT2D eigenvalue weighted by atomic mass is 10.4. The Hall–Kier alpha value is -2.09. The fourth-order valence-electron chi connectivity index (χ4n) is 0.939. The zero-order chi connectivity index (χ0) is 14.1. The van der Waals surface area contributed by atoms with Crippen LogP contribution in [0.5, 0.6) is 0 Å². The van der Waals surface area contributed by atoms with Crippen LogP contribution in [-0.2, 0) is 4.79 Å². The molecular formula is C9H14ClN5O3. The summed E-state index contributed by atoms with van der Waals surface area (Å²) in [6.45, 7) is 5.07. The topological polar surface area (TPSA) is 123 Å². The van der Waals surface area contributed by atoms with Gasteiger partial charge in [0.05, 0.1) is 17.7 Å². The SMILES string of the molecule is C=C(Cl)NC(=NCCNC(C)=O)/C(=C\N)[N+](=O)[O-]. The molecule has 0 aliphatic carbocycles. The molecule has 0 aliphatic heterocycles. The Morgan fingerprint density at radius 3 is 2.67 bits per heavy atom. The number of rotatable bonds is 6. The van der Waals surface area contributed by atoms with Crippen LogP contribution in [0, 0.1) is 10.1 Å². The Kier molecular flexibility index (Phi) is 7.13. The summed E-state index contributed by atoms with van der Waals surface area (Å²) in [5.41, 5.74) is 4.70. The van der Waals surface area contributed by atoms with E-state index in [-0.39, 0.29) is 30.0 Å². The van der Waals surface area contributed by atoms with E-state index in [1.807, 2.05) is 0 Å². The van der Waals surface area contributed by atoms with Gasteiger partial charge in [0.25, 0.3) is 0 Å². The molecule has 0 atom stereocenters. The van der Waals surface area contributed by atoms with Crippen LogP contribution < -0.4 is 16.4 Å². The predicted octanol–water partition coefficient (Wildman–Crippen LogP) is -0.103. The highest BCUT2D eigenvalue weighted by Crippen LogP contribution is 2.00. The van der Waals surface area contributed by atoms with Gasteiger partial charge >= 0.3 is 5.70 Å². The number of hydrogen-bond acceptors (Lipinski definition) is 5. The van der Waals surface area contributed by atoms with Gasteiger partial charge in [0.1, 0.15) is 5.16 Å². The van der Waals surface area contributed by atoms with Crippen molar-refractivity contribution in [3.05, 3.63) is 33.7 Å². The molecule has 0 aromatic heterocycles. The van der Waals surface area contributed by atoms with E-state index >= 15 is 0 Å². The predicted molar refractivity (Wildman–Crippen MR) is 68.4 cm³/mol. The second-order valence-electron chi connectivity index (χ2n) is 3.05. The molecule has 1 amide bonds. The van der Waals surface area contributed by atoms with E-state index in [9.17, 15) is 14.9 Å². The number of nitro groups is 1. The van der Waals surface area contributed by atoms with Crippen molar-refractivity contribution in [2.24, 2.45) is 10.7 Å². The molecule has 0 bridgehead atoms. The molecule has 0 aromatic rings. The minimum Gasteiger partial charge on any atom is -0.399 e. The van der Waals surface area contributed by atoms with Gasteiger partial charge in [-0.25, -0.2) is 0 Å². The summed E-state index contributed by atoms with van der Waals surface area (Å²) >= 11 is 5.49. The highest BCUT2D eigenvalue weighted by Gasteiger charge is 2.18. The molecule has 0 unspecified atom stereocenters. The monoisotopic (exact) mass is 275 g/mol. The summed E-state index contributed by atoms with van der Waals surface area (Å²) in [6.07, 6.45) is 0.796. The van der Waals surface area contributed by atoms with Gasteiger partial charge in [0, 0.05) is 13.5 Å². The summed E-state index contributed by atoms with van der Waals surface area (Å²) in [6, 6.07) is 0. The fraction of sp³-hybridized carbons (Fsp3) is 0.333. The summed E-state index contributed by atoms with van der Waals surface area (Å²) in [4.78, 5) is 24.5. The first-order chi connectivity index (χ1) is 8.38. The maximum Gasteiger partial charge on any atom is 0.326 e. The lowest BCUT2D eigenvalue weighted by molar-refractivity contribution is -0.415. The van der Waals surface area contributed by atoms with Gasteiger partial charge in [0.2, 0.25) is 11.7 Å². The van der Waals surface area contributed by atoms with Gasteiger partial charge in [-0.2, -0.15) is 0 Å². The molecule has 0 saturated heterocycles. The number of nitrogens with zero attached hydrogens (tertiary/aromatic N) is 2. The summed E-state index contributed by atoms with van der Waals surface area (Å²) in [5, 5.41) is 15.6. The first-order valence-electron chi connectivity index (χ1n) is 4.85. The Labute approximate surface area is 109 Å². The van der Waals surface area contributed by atoms with Gasteiger partial charge in [-0.3, -0.25) is 19.9 Å². The highest BCUT2D eigenvalue weighted by molar-refractivity contribution is 6.30. The van der Waals surface area contributed by atoms with Crippen LogP contribution in [0.15, 0.2) is 28.6 Å². The molecule has 0 aromatic carbocycles. The van der Waals surface area contributed by atoms with Crippen LogP contribution in [0.1, 0.15) is 6.92 Å². The third kappa shape index (κ3) is 6.48. The van der Waals surface area contributed by atoms with Crippen LogP contribution in [0.2, 0.25) is 0 Å². The molecule has 8 nitrogen and oxygen atoms in total. The molecule has 100 valence electrons. The van der Waals surface area contributed by atoms with Gasteiger partial charge in [-0.05, 0) is 0 Å². The minimum atomic E-state index is -0.704. The van der Waals surface area contributed by atoms with Gasteiger partial charge in [-0.1, -0.05) is 18.2 Å². The van der Waals surface area contributed by atoms with Crippen molar-refractivity contribution in [1.29, 1.82) is 0 Å². The third-order valence-electron chi connectivity index (χ3n) is 1.61. The molecule has 0 rings (SSSR count). The molecule has 0 spiro atoms. The van der Waals surface area contributed by atoms with E-state index in [2.05, 4.69) is 22.2 Å². The van der Waals surface area contributed by atoms with Crippen LogP contribution in [0.25, 0.3) is 0 Å². The van der Waals surface area contributed by atoms with Crippen molar-refractivity contribution in [3.63, 3.8) is 0 Å². The van der Waals surface area contributed by atoms with Crippen molar-refractivity contribution < 1.29 is 9.72 Å². The number of amides is 1. The second kappa shape index (κ2) is 8.07. The minimum absolute atomic E-state index is 0.0329. The smallest absolute Gasteiger partial charge is 0.326 e. The molecule has 4 N–H and O–H groups in total. The van der Waals surface area contributed by atoms with Crippen molar-refractivity contribution in [2.75, 3.05) is 13.1 Å². The largest absolute Gasteiger partial charge is 0.399 e. The molecule has 0 aliphatic rings. The quantitative estimate of drug-likeness (QED) is 0.156. The Morgan fingerprint density at radius 2 is 2.28 bits per heavy atom. The number of carbonyl (C=O) groups is 1. The van der Waals surface area contributed by atoms with Gasteiger partial charge in [0.15, 0.2) is 0 Å². The average molecular weight is 276 g/mol. The van der Waals surface area contributed by atoms with Crippen molar-refractivity contribution in [1.82, 2.24) is 10.6 Å². The first-order valence-corrected chi connectivity index (χ1v) is 5.23. The fourth-order valence-corrected chi connectivity index (χ4v) is 1.03. The number of nitrogens with one attached hydrogen (secondary N) is 2. The van der Waals surface area contributed by atoms with Crippen LogP contribution in [-0.4, -0.2) is 29.8 Å². The third-order valence-corrected chi connectivity index (χ3v) is 1.70. The molecule has 0 radical (unpaired) electrons. The lowest BCUT2D eigenvalue weighted by Crippen LogP contribution is -2.29. The lowest BCUT2D eigenvalue weighted by Gasteiger charge is -2.06. The van der Waals surface area contributed by atoms with E-state index in [1.165, 1.54) is 6.92 Å². The first kappa shape index (κ1) is 15.9. The Morgan fingerprint density at radius 1 is 1.67 bits per heavy atom. The van der Waals surface area contributed by atoms with E-state index < -0.39 is 10.6 Å². The van der Waals surface area contributed by atoms with Crippen molar-refractivity contribution in [2.45, 2.75) is 6.92 Å². The number of carbonyl (C=O) groups excluding carboxylic acids is 1. The molecule has 0 heterocycles. The van der Waals surface area contributed by atoms with Gasteiger partial charge < -0.3 is 16.4 Å². The van der Waals surface area contributed by atoms with Crippen LogP contribution >= 0.6 is 11.6 Å². The second-order valence-corrected chi connectivity index (χ2v) is 3.51. The normalized spacial score (nSPS) is 11.9. The Bertz CT molecular complexity index is 405. The average Bonchev–Trinajstić information content (AvgIpc) is 2.23. The molecule has 0 fully saturated rings. The van der Waals surface area contributed by atoms with E-state index in [0.717, 1.165) is 6.20 Å². The van der Waals surface area contributed by atoms with E-state index in [0.29, 0.717) is 0 Å². The molecule has 9 heteroatoms. The number of amidine groups is 1. The molecule has 18 heavy (non-hydrogen) atoms. The number of nitrogens with two attached hydrogens (primary N) is 1. The van der Waals surface area contributed by atoms with Crippen molar-refractivity contribution in [3.8, 4) is 0 Å². The highest BCUT2D eigenvalue weighted by atomic mass is 35.5. The van der Waals surface area contributed by atoms with E-state index in [1.54, 1.807) is 0 Å². The standard InChI is InChI=1S/C9H14ClN5O3/c1-6(10)14-9(8(5-11)15(17)18)13-4-3-12-7(2)16/h5H,1,3-4,11H2,2H3,(H,12,16)(H,13,14)/b8-5+. The van der Waals surface area contributed by atoms with Crippen LogP contribution in [0.3, 0.4) is 0 Å². The van der Waals surface area contributed by atoms with Crippen molar-refractivity contribution >= 4 is 23.3 Å². The maximum atomic E-state index is 10.7. The zero-order valence-corrected chi connectivity index (χ0v) is 10.5. The maximum absolute atomic E-state index is 10.7. The molecule has 0 saturated carbocycles. The summed E-state index contributed by atoms with van der Waals surface area (Å²) in [7, 11) is 0. The number of aliphatic imine (C=N–C) groups is 1. The number of hydrogen-bond donors (Lipinski definition) is 3.